The number of halogens is 1. The quantitative estimate of drug-likeness (QED) is 0.291. The number of rotatable bonds is 6. The van der Waals surface area contributed by atoms with Crippen molar-refractivity contribution in [1.29, 1.82) is 0 Å². The van der Waals surface area contributed by atoms with Crippen molar-refractivity contribution in [1.82, 2.24) is 4.98 Å². The summed E-state index contributed by atoms with van der Waals surface area (Å²) in [7, 11) is -4.14. The van der Waals surface area contributed by atoms with E-state index in [1.54, 1.807) is 13.8 Å². The average Bonchev–Trinajstić information content (AvgIpc) is 2.89. The molecule has 0 saturated heterocycles. The van der Waals surface area contributed by atoms with Crippen LogP contribution in [0.25, 0.3) is 11.1 Å². The summed E-state index contributed by atoms with van der Waals surface area (Å²) in [5, 5.41) is 17.0. The Morgan fingerprint density at radius 1 is 1.00 bits per heavy atom. The van der Waals surface area contributed by atoms with Gasteiger partial charge in [-0.25, -0.2) is 13.6 Å². The SMILES string of the molecule is Cc1cc(Br)cc(C)c1Oc1ccc(C(C)(C)O)cc1-c1c2c(nc(C3CCCCC3)c1S(N)(=O)=O)CCCC2. The van der Waals surface area contributed by atoms with Gasteiger partial charge < -0.3 is 9.84 Å². The van der Waals surface area contributed by atoms with Gasteiger partial charge in [-0.15, -0.1) is 0 Å². The second-order valence-electron chi connectivity index (χ2n) is 12.0. The normalized spacial score (nSPS) is 16.6. The summed E-state index contributed by atoms with van der Waals surface area (Å²) >= 11 is 3.56. The molecule has 0 amide bonds. The summed E-state index contributed by atoms with van der Waals surface area (Å²) in [6.07, 6.45) is 8.53. The molecule has 6 nitrogen and oxygen atoms in total. The van der Waals surface area contributed by atoms with Crippen molar-refractivity contribution < 1.29 is 18.3 Å². The summed E-state index contributed by atoms with van der Waals surface area (Å²) in [6.45, 7) is 7.43. The van der Waals surface area contributed by atoms with Crippen LogP contribution in [0.5, 0.6) is 11.5 Å². The largest absolute Gasteiger partial charge is 0.456 e. The number of ether oxygens (including phenoxy) is 1. The summed E-state index contributed by atoms with van der Waals surface area (Å²) in [5.41, 5.74) is 5.16. The van der Waals surface area contributed by atoms with Gasteiger partial charge in [0.05, 0.1) is 11.3 Å². The highest BCUT2D eigenvalue weighted by Gasteiger charge is 2.34. The topological polar surface area (TPSA) is 103 Å². The van der Waals surface area contributed by atoms with E-state index < -0.39 is 15.6 Å². The van der Waals surface area contributed by atoms with Gasteiger partial charge in [-0.2, -0.15) is 0 Å². The number of aromatic nitrogens is 1. The zero-order chi connectivity index (χ0) is 28.8. The Morgan fingerprint density at radius 2 is 1.65 bits per heavy atom. The minimum Gasteiger partial charge on any atom is -0.456 e. The van der Waals surface area contributed by atoms with Gasteiger partial charge in [0.2, 0.25) is 10.0 Å². The maximum atomic E-state index is 13.5. The van der Waals surface area contributed by atoms with Crippen LogP contribution in [0.1, 0.15) is 98.4 Å². The van der Waals surface area contributed by atoms with Crippen molar-refractivity contribution in [3.8, 4) is 22.6 Å². The summed E-state index contributed by atoms with van der Waals surface area (Å²) in [4.78, 5) is 5.18. The van der Waals surface area contributed by atoms with Crippen molar-refractivity contribution in [2.75, 3.05) is 0 Å². The van der Waals surface area contributed by atoms with E-state index >= 15 is 0 Å². The lowest BCUT2D eigenvalue weighted by Crippen LogP contribution is -2.23. The molecule has 2 aliphatic carbocycles. The second kappa shape index (κ2) is 11.2. The number of nitrogens with zero attached hydrogens (tertiary/aromatic N) is 1. The van der Waals surface area contributed by atoms with Crippen molar-refractivity contribution in [3.63, 3.8) is 0 Å². The van der Waals surface area contributed by atoms with Crippen LogP contribution in [0, 0.1) is 13.8 Å². The van der Waals surface area contributed by atoms with Gasteiger partial charge in [-0.3, -0.25) is 4.98 Å². The lowest BCUT2D eigenvalue weighted by Gasteiger charge is -2.29. The molecule has 0 atom stereocenters. The fourth-order valence-electron chi connectivity index (χ4n) is 6.33. The minimum atomic E-state index is -4.14. The summed E-state index contributed by atoms with van der Waals surface area (Å²) in [5.74, 6) is 1.29. The van der Waals surface area contributed by atoms with Crippen LogP contribution in [-0.4, -0.2) is 18.5 Å². The van der Waals surface area contributed by atoms with E-state index in [4.69, 9.17) is 14.9 Å². The fourth-order valence-corrected chi connectivity index (χ4v) is 8.04. The van der Waals surface area contributed by atoms with E-state index in [1.807, 2.05) is 44.2 Å². The number of sulfonamides is 1. The molecule has 0 unspecified atom stereocenters. The Bertz CT molecular complexity index is 1530. The number of hydrogen-bond donors (Lipinski definition) is 2. The van der Waals surface area contributed by atoms with Crippen LogP contribution >= 0.6 is 15.9 Å². The lowest BCUT2D eigenvalue weighted by molar-refractivity contribution is 0.0786. The summed E-state index contributed by atoms with van der Waals surface area (Å²) in [6, 6.07) is 9.56. The molecule has 0 radical (unpaired) electrons. The van der Waals surface area contributed by atoms with Crippen LogP contribution in [0.4, 0.5) is 0 Å². The van der Waals surface area contributed by atoms with E-state index in [0.29, 0.717) is 40.3 Å². The highest BCUT2D eigenvalue weighted by molar-refractivity contribution is 9.10. The highest BCUT2D eigenvalue weighted by Crippen LogP contribution is 2.47. The third kappa shape index (κ3) is 5.87. The first-order valence-electron chi connectivity index (χ1n) is 14.2. The van der Waals surface area contributed by atoms with Gasteiger partial charge >= 0.3 is 0 Å². The smallest absolute Gasteiger partial charge is 0.240 e. The number of nitrogens with two attached hydrogens (primary N) is 1. The lowest BCUT2D eigenvalue weighted by atomic mass is 9.82. The third-order valence-corrected chi connectivity index (χ3v) is 9.76. The molecule has 3 aromatic rings. The number of fused-ring (bicyclic) bond motifs is 1. The number of pyridine rings is 1. The van der Waals surface area contributed by atoms with Crippen LogP contribution < -0.4 is 9.88 Å². The van der Waals surface area contributed by atoms with Crippen LogP contribution in [0.2, 0.25) is 0 Å². The van der Waals surface area contributed by atoms with E-state index in [1.165, 1.54) is 0 Å². The van der Waals surface area contributed by atoms with E-state index in [0.717, 1.165) is 78.2 Å². The van der Waals surface area contributed by atoms with Gasteiger partial charge in [-0.1, -0.05) is 41.3 Å². The first-order chi connectivity index (χ1) is 18.8. The fraction of sp³-hybridized carbons (Fsp3) is 0.469. The number of hydrogen-bond acceptors (Lipinski definition) is 5. The molecule has 1 heterocycles. The molecule has 1 aromatic heterocycles. The molecular formula is C32H39BrN2O4S. The van der Waals surface area contributed by atoms with E-state index in [9.17, 15) is 13.5 Å². The molecule has 1 fully saturated rings. The Hall–Kier alpha value is -2.26. The summed E-state index contributed by atoms with van der Waals surface area (Å²) < 4.78 is 34.6. The standard InChI is InChI=1S/C32H39BrN2O4S/c1-19-16-23(33)17-20(2)30(19)39-27-15-14-22(32(3,4)36)18-25(27)28-24-12-8-9-13-26(24)35-29(31(28)40(34,37)38)21-10-6-5-7-11-21/h14-18,21,36H,5-13H2,1-4H3,(H2,34,37,38). The van der Waals surface area contributed by atoms with Gasteiger partial charge in [-0.05, 0) is 113 Å². The minimum absolute atomic E-state index is 0.0471. The molecule has 0 spiro atoms. The first-order valence-corrected chi connectivity index (χ1v) is 16.6. The monoisotopic (exact) mass is 626 g/mol. The van der Waals surface area contributed by atoms with Crippen molar-refractivity contribution in [3.05, 3.63) is 68.4 Å². The van der Waals surface area contributed by atoms with Crippen LogP contribution in [0.3, 0.4) is 0 Å². The molecule has 2 aromatic carbocycles. The molecule has 0 bridgehead atoms. The Morgan fingerprint density at radius 3 is 2.27 bits per heavy atom. The molecule has 40 heavy (non-hydrogen) atoms. The number of aryl methyl sites for hydroxylation is 3. The molecule has 5 rings (SSSR count). The van der Waals surface area contributed by atoms with E-state index in [2.05, 4.69) is 15.9 Å². The molecule has 2 aliphatic rings. The number of aliphatic hydroxyl groups is 1. The van der Waals surface area contributed by atoms with Crippen molar-refractivity contribution >= 4 is 26.0 Å². The van der Waals surface area contributed by atoms with Crippen molar-refractivity contribution in [2.45, 2.75) is 102 Å². The molecule has 0 aliphatic heterocycles. The van der Waals surface area contributed by atoms with Gasteiger partial charge in [0.1, 0.15) is 16.4 Å². The molecule has 3 N–H and O–H groups in total. The Labute approximate surface area is 246 Å². The number of primary sulfonamides is 1. The average molecular weight is 628 g/mol. The molecule has 214 valence electrons. The molecule has 8 heteroatoms. The van der Waals surface area contributed by atoms with Crippen LogP contribution in [-0.2, 0) is 28.5 Å². The highest BCUT2D eigenvalue weighted by atomic mass is 79.9. The number of benzene rings is 2. The Balaban J connectivity index is 1.85. The maximum absolute atomic E-state index is 13.5. The first kappa shape index (κ1) is 29.2. The van der Waals surface area contributed by atoms with Gasteiger partial charge in [0.15, 0.2) is 0 Å². The molecule has 1 saturated carbocycles. The van der Waals surface area contributed by atoms with Crippen molar-refractivity contribution in [2.24, 2.45) is 5.14 Å². The third-order valence-electron chi connectivity index (χ3n) is 8.32. The van der Waals surface area contributed by atoms with Gasteiger partial charge in [0.25, 0.3) is 0 Å². The van der Waals surface area contributed by atoms with E-state index in [-0.39, 0.29) is 10.8 Å². The second-order valence-corrected chi connectivity index (χ2v) is 14.4. The predicted octanol–water partition coefficient (Wildman–Crippen LogP) is 7.72. The predicted molar refractivity (Wildman–Crippen MR) is 162 cm³/mol. The maximum Gasteiger partial charge on any atom is 0.240 e. The van der Waals surface area contributed by atoms with Gasteiger partial charge in [0, 0.05) is 27.2 Å². The zero-order valence-electron chi connectivity index (χ0n) is 23.8. The molecular weight excluding hydrogens is 588 g/mol. The van der Waals surface area contributed by atoms with Crippen LogP contribution in [0.15, 0.2) is 39.7 Å². The Kier molecular flexibility index (Phi) is 8.18. The zero-order valence-corrected chi connectivity index (χ0v) is 26.2.